The fourth-order valence-corrected chi connectivity index (χ4v) is 3.69. The molecule has 0 unspecified atom stereocenters. The fourth-order valence-electron chi connectivity index (χ4n) is 3.69. The number of rotatable bonds is 4. The molecule has 0 bridgehead atoms. The predicted octanol–water partition coefficient (Wildman–Crippen LogP) is 4.79. The largest absolute Gasteiger partial charge is 0.418 e. The summed E-state index contributed by atoms with van der Waals surface area (Å²) in [6.45, 7) is -0.189. The van der Waals surface area contributed by atoms with Gasteiger partial charge in [0.1, 0.15) is 0 Å². The minimum absolute atomic E-state index is 0.0193. The third-order valence-electron chi connectivity index (χ3n) is 5.27. The van der Waals surface area contributed by atoms with Crippen LogP contribution in [-0.4, -0.2) is 35.8 Å². The minimum Gasteiger partial charge on any atom is -0.390 e. The highest BCUT2D eigenvalue weighted by atomic mass is 19.4. The van der Waals surface area contributed by atoms with E-state index in [0.29, 0.717) is 17.0 Å². The number of hydrogen-bond acceptors (Lipinski definition) is 5. The Hall–Kier alpha value is -3.72. The zero-order valence-electron chi connectivity index (χ0n) is 17.9. The number of nitrogens with one attached hydrogen (secondary N) is 1. The summed E-state index contributed by atoms with van der Waals surface area (Å²) in [4.78, 5) is 22.6. The van der Waals surface area contributed by atoms with Crippen molar-refractivity contribution in [1.29, 1.82) is 0 Å². The molecule has 1 aliphatic rings. The van der Waals surface area contributed by atoms with Crippen LogP contribution in [0.25, 0.3) is 11.1 Å². The topological polar surface area (TPSA) is 77.8 Å². The lowest BCUT2D eigenvalue weighted by Gasteiger charge is -2.21. The van der Waals surface area contributed by atoms with E-state index >= 15 is 0 Å². The average Bonchev–Trinajstić information content (AvgIpc) is 2.95. The molecule has 2 heterocycles. The first-order valence-corrected chi connectivity index (χ1v) is 10.1. The number of halogens is 3. The van der Waals surface area contributed by atoms with Gasteiger partial charge in [-0.15, -0.1) is 0 Å². The Kier molecular flexibility index (Phi) is 5.90. The molecular formula is C24H21F3N4O2. The van der Waals surface area contributed by atoms with Crippen LogP contribution in [0.1, 0.15) is 23.2 Å². The lowest BCUT2D eigenvalue weighted by atomic mass is 9.99. The van der Waals surface area contributed by atoms with E-state index in [2.05, 4.69) is 15.3 Å². The molecule has 0 saturated heterocycles. The van der Waals surface area contributed by atoms with Gasteiger partial charge in [-0.1, -0.05) is 18.2 Å². The lowest BCUT2D eigenvalue weighted by Crippen LogP contribution is -2.18. The van der Waals surface area contributed by atoms with Crippen molar-refractivity contribution in [2.75, 3.05) is 24.3 Å². The van der Waals surface area contributed by atoms with Crippen molar-refractivity contribution >= 4 is 28.7 Å². The number of benzene rings is 2. The molecule has 0 spiro atoms. The van der Waals surface area contributed by atoms with Crippen molar-refractivity contribution in [3.05, 3.63) is 71.5 Å². The highest BCUT2D eigenvalue weighted by molar-refractivity contribution is 6.17. The van der Waals surface area contributed by atoms with Gasteiger partial charge in [0.15, 0.2) is 0 Å². The van der Waals surface area contributed by atoms with Crippen molar-refractivity contribution in [2.45, 2.75) is 19.2 Å². The number of aliphatic imine (C=N–C) groups is 1. The van der Waals surface area contributed by atoms with E-state index in [9.17, 15) is 23.1 Å². The molecule has 0 aliphatic carbocycles. The summed E-state index contributed by atoms with van der Waals surface area (Å²) in [5.41, 5.74) is 2.69. The molecule has 0 radical (unpaired) electrons. The van der Waals surface area contributed by atoms with Crippen LogP contribution in [-0.2, 0) is 17.6 Å². The van der Waals surface area contributed by atoms with Crippen LogP contribution in [0.3, 0.4) is 0 Å². The van der Waals surface area contributed by atoms with E-state index in [0.717, 1.165) is 17.2 Å². The Morgan fingerprint density at radius 3 is 2.48 bits per heavy atom. The molecule has 6 nitrogen and oxygen atoms in total. The zero-order valence-corrected chi connectivity index (χ0v) is 17.9. The number of hydrogen-bond donors (Lipinski definition) is 2. The number of pyridine rings is 1. The standard InChI is InChI=1S/C24H21F3N4O2/c1-31(2)22-11-21-20(10-18(22)24(25,26)27)30-23(33)12-19(29-21)16-5-3-4-14(8-16)15-6-7-28-17(9-15)13-32/h3-11,32H,12-13H2,1-2H3,(H,30,33). The number of aliphatic hydroxyl groups is 1. The third kappa shape index (κ3) is 4.73. The smallest absolute Gasteiger partial charge is 0.390 e. The van der Waals surface area contributed by atoms with E-state index < -0.39 is 17.6 Å². The van der Waals surface area contributed by atoms with Crippen LogP contribution in [0.5, 0.6) is 0 Å². The van der Waals surface area contributed by atoms with Gasteiger partial charge in [-0.05, 0) is 47.0 Å². The number of anilines is 2. The van der Waals surface area contributed by atoms with Gasteiger partial charge >= 0.3 is 6.18 Å². The highest BCUT2D eigenvalue weighted by Crippen LogP contribution is 2.43. The normalized spacial score (nSPS) is 13.6. The fraction of sp³-hybridized carbons (Fsp3) is 0.208. The van der Waals surface area contributed by atoms with Gasteiger partial charge in [-0.3, -0.25) is 14.8 Å². The number of carbonyl (C=O) groups excluding carboxylic acids is 1. The molecule has 9 heteroatoms. The van der Waals surface area contributed by atoms with Gasteiger partial charge in [-0.2, -0.15) is 13.2 Å². The van der Waals surface area contributed by atoms with Crippen molar-refractivity contribution < 1.29 is 23.1 Å². The molecule has 0 fully saturated rings. The van der Waals surface area contributed by atoms with Gasteiger partial charge in [0, 0.05) is 20.3 Å². The summed E-state index contributed by atoms with van der Waals surface area (Å²) >= 11 is 0. The Bertz CT molecular complexity index is 1250. The molecule has 1 aromatic heterocycles. The first-order valence-electron chi connectivity index (χ1n) is 10.1. The van der Waals surface area contributed by atoms with Gasteiger partial charge in [0.2, 0.25) is 5.91 Å². The number of carbonyl (C=O) groups is 1. The second kappa shape index (κ2) is 8.67. The maximum Gasteiger partial charge on any atom is 0.418 e. The molecule has 4 rings (SSSR count). The molecule has 2 aromatic carbocycles. The second-order valence-electron chi connectivity index (χ2n) is 7.84. The second-order valence-corrected chi connectivity index (χ2v) is 7.84. The quantitative estimate of drug-likeness (QED) is 0.594. The first-order chi connectivity index (χ1) is 15.7. The summed E-state index contributed by atoms with van der Waals surface area (Å²) in [7, 11) is 3.05. The van der Waals surface area contributed by atoms with Crippen LogP contribution >= 0.6 is 0 Å². The molecule has 170 valence electrons. The number of nitrogens with zero attached hydrogens (tertiary/aromatic N) is 3. The van der Waals surface area contributed by atoms with Crippen molar-refractivity contribution in [1.82, 2.24) is 4.98 Å². The third-order valence-corrected chi connectivity index (χ3v) is 5.27. The molecule has 1 amide bonds. The lowest BCUT2D eigenvalue weighted by molar-refractivity contribution is -0.137. The molecule has 33 heavy (non-hydrogen) atoms. The van der Waals surface area contributed by atoms with Crippen LogP contribution in [0.4, 0.5) is 30.2 Å². The number of aliphatic hydroxyl groups excluding tert-OH is 1. The van der Waals surface area contributed by atoms with Crippen molar-refractivity contribution in [3.8, 4) is 11.1 Å². The first kappa shape index (κ1) is 22.5. The van der Waals surface area contributed by atoms with Gasteiger partial charge < -0.3 is 15.3 Å². The van der Waals surface area contributed by atoms with E-state index in [1.165, 1.54) is 25.1 Å². The van der Waals surface area contributed by atoms with Gasteiger partial charge in [-0.25, -0.2) is 0 Å². The number of amides is 1. The number of fused-ring (bicyclic) bond motifs is 1. The minimum atomic E-state index is -4.58. The van der Waals surface area contributed by atoms with E-state index in [-0.39, 0.29) is 30.1 Å². The SMILES string of the molecule is CN(C)c1cc2c(cc1C(F)(F)F)NC(=O)CC(c1cccc(-c3ccnc(CO)c3)c1)=N2. The zero-order chi connectivity index (χ0) is 23.8. The summed E-state index contributed by atoms with van der Waals surface area (Å²) in [6, 6.07) is 13.2. The Balaban J connectivity index is 1.82. The highest BCUT2D eigenvalue weighted by Gasteiger charge is 2.36. The molecule has 3 aromatic rings. The van der Waals surface area contributed by atoms with E-state index in [1.54, 1.807) is 24.4 Å². The van der Waals surface area contributed by atoms with Crippen LogP contribution in [0.15, 0.2) is 59.7 Å². The summed E-state index contributed by atoms with van der Waals surface area (Å²) in [6.07, 6.45) is -3.07. The number of alkyl halides is 3. The maximum atomic E-state index is 13.6. The van der Waals surface area contributed by atoms with Crippen molar-refractivity contribution in [2.24, 2.45) is 4.99 Å². The van der Waals surface area contributed by atoms with Gasteiger partial charge in [0.05, 0.1) is 47.1 Å². The predicted molar refractivity (Wildman–Crippen MR) is 121 cm³/mol. The van der Waals surface area contributed by atoms with Crippen molar-refractivity contribution in [3.63, 3.8) is 0 Å². The Morgan fingerprint density at radius 2 is 1.79 bits per heavy atom. The van der Waals surface area contributed by atoms with Gasteiger partial charge in [0.25, 0.3) is 0 Å². The Labute approximate surface area is 188 Å². The molecule has 0 saturated carbocycles. The monoisotopic (exact) mass is 454 g/mol. The summed E-state index contributed by atoms with van der Waals surface area (Å²) in [5.74, 6) is -0.449. The van der Waals surface area contributed by atoms with E-state index in [4.69, 9.17) is 0 Å². The molecule has 1 aliphatic heterocycles. The summed E-state index contributed by atoms with van der Waals surface area (Å²) < 4.78 is 40.8. The number of aromatic nitrogens is 1. The molecular weight excluding hydrogens is 433 g/mol. The van der Waals surface area contributed by atoms with E-state index in [1.807, 2.05) is 18.2 Å². The Morgan fingerprint density at radius 1 is 1.06 bits per heavy atom. The average molecular weight is 454 g/mol. The van der Waals surface area contributed by atoms with Crippen LogP contribution < -0.4 is 10.2 Å². The van der Waals surface area contributed by atoms with Crippen LogP contribution in [0.2, 0.25) is 0 Å². The molecule has 2 N–H and O–H groups in total. The molecule has 0 atom stereocenters. The summed E-state index contributed by atoms with van der Waals surface area (Å²) in [5, 5.41) is 11.9. The maximum absolute atomic E-state index is 13.6. The van der Waals surface area contributed by atoms with Crippen LogP contribution in [0, 0.1) is 0 Å².